The molecule has 1 aromatic carbocycles. The van der Waals surface area contributed by atoms with Crippen LogP contribution in [-0.2, 0) is 0 Å². The smallest absolute Gasteiger partial charge is 0.168 e. The van der Waals surface area contributed by atoms with Crippen molar-refractivity contribution >= 4 is 39.6 Å². The highest BCUT2D eigenvalue weighted by atomic mass is 32.1. The average Bonchev–Trinajstić information content (AvgIpc) is 2.98. The fourth-order valence-corrected chi connectivity index (χ4v) is 3.52. The number of hydrogen-bond donors (Lipinski definition) is 3. The normalized spacial score (nSPS) is 17.7. The largest absolute Gasteiger partial charge is 0.376 e. The predicted octanol–water partition coefficient (Wildman–Crippen LogP) is 4.08. The molecule has 128 valence electrons. The van der Waals surface area contributed by atoms with Crippen LogP contribution in [0.1, 0.15) is 39.0 Å². The van der Waals surface area contributed by atoms with Crippen molar-refractivity contribution in [2.75, 3.05) is 11.9 Å². The Labute approximate surface area is 149 Å². The minimum atomic E-state index is 0.296. The Morgan fingerprint density at radius 1 is 1.38 bits per heavy atom. The number of nitrogens with two attached hydrogens (primary N) is 1. The molecule has 5 heteroatoms. The highest BCUT2D eigenvalue weighted by molar-refractivity contribution is 7.80. The Morgan fingerprint density at radius 2 is 2.25 bits per heavy atom. The van der Waals surface area contributed by atoms with E-state index in [1.807, 2.05) is 6.07 Å². The van der Waals surface area contributed by atoms with Gasteiger partial charge in [0.05, 0.1) is 5.52 Å². The van der Waals surface area contributed by atoms with Crippen LogP contribution >= 0.6 is 12.2 Å². The molecule has 1 aliphatic heterocycles. The molecule has 1 aromatic heterocycles. The molecular weight excluding hydrogens is 316 g/mol. The average molecular weight is 343 g/mol. The van der Waals surface area contributed by atoms with E-state index in [0.717, 1.165) is 18.7 Å². The van der Waals surface area contributed by atoms with Crippen LogP contribution in [0.3, 0.4) is 0 Å². The minimum absolute atomic E-state index is 0.296. The quantitative estimate of drug-likeness (QED) is 0.547. The van der Waals surface area contributed by atoms with Crippen molar-refractivity contribution in [1.29, 1.82) is 0 Å². The molecule has 0 spiro atoms. The standard InChI is InChI=1S/C19H26N4S/c1-2-3-4-5-15-13-17(8-10-21-15)23-11-9-14-12-16(22-19(20)24)6-7-18(14)23/h6-9,11-12,15,21H,2-5,10,13H2,1H3,(H3,20,22,24). The molecule has 1 atom stereocenters. The third-order valence-electron chi connectivity index (χ3n) is 4.62. The van der Waals surface area contributed by atoms with E-state index in [1.54, 1.807) is 0 Å². The predicted molar refractivity (Wildman–Crippen MR) is 107 cm³/mol. The maximum atomic E-state index is 5.55. The van der Waals surface area contributed by atoms with E-state index < -0.39 is 0 Å². The molecule has 0 aliphatic carbocycles. The molecule has 4 N–H and O–H groups in total. The summed E-state index contributed by atoms with van der Waals surface area (Å²) in [7, 11) is 0. The lowest BCUT2D eigenvalue weighted by molar-refractivity contribution is 0.470. The summed E-state index contributed by atoms with van der Waals surface area (Å²) in [6.45, 7) is 3.21. The van der Waals surface area contributed by atoms with Crippen molar-refractivity contribution in [2.45, 2.75) is 45.1 Å². The molecule has 24 heavy (non-hydrogen) atoms. The molecule has 2 heterocycles. The van der Waals surface area contributed by atoms with Crippen LogP contribution in [0.15, 0.2) is 36.5 Å². The first-order chi connectivity index (χ1) is 11.7. The molecule has 1 unspecified atom stereocenters. The number of unbranched alkanes of at least 4 members (excludes halogenated alkanes) is 2. The summed E-state index contributed by atoms with van der Waals surface area (Å²) in [5.41, 5.74) is 9.10. The molecule has 0 radical (unpaired) electrons. The van der Waals surface area contributed by atoms with Gasteiger partial charge in [-0.3, -0.25) is 0 Å². The van der Waals surface area contributed by atoms with Gasteiger partial charge in [0.25, 0.3) is 0 Å². The lowest BCUT2D eigenvalue weighted by Gasteiger charge is -2.25. The van der Waals surface area contributed by atoms with Gasteiger partial charge in [0, 0.05) is 42.0 Å². The zero-order valence-electron chi connectivity index (χ0n) is 14.2. The summed E-state index contributed by atoms with van der Waals surface area (Å²) in [5.74, 6) is 0. The molecule has 2 aromatic rings. The van der Waals surface area contributed by atoms with Gasteiger partial charge in [-0.2, -0.15) is 0 Å². The summed E-state index contributed by atoms with van der Waals surface area (Å²) in [6, 6.07) is 8.98. The van der Waals surface area contributed by atoms with Crippen molar-refractivity contribution < 1.29 is 0 Å². The summed E-state index contributed by atoms with van der Waals surface area (Å²) < 4.78 is 2.31. The topological polar surface area (TPSA) is 55.0 Å². The van der Waals surface area contributed by atoms with Crippen LogP contribution in [0.25, 0.3) is 16.6 Å². The van der Waals surface area contributed by atoms with Gasteiger partial charge in [0.15, 0.2) is 5.11 Å². The summed E-state index contributed by atoms with van der Waals surface area (Å²) in [4.78, 5) is 0. The van der Waals surface area contributed by atoms with Crippen LogP contribution in [0, 0.1) is 0 Å². The summed E-state index contributed by atoms with van der Waals surface area (Å²) in [5, 5.41) is 8.11. The maximum absolute atomic E-state index is 5.55. The number of benzene rings is 1. The van der Waals surface area contributed by atoms with Crippen molar-refractivity contribution in [1.82, 2.24) is 9.88 Å². The zero-order chi connectivity index (χ0) is 16.9. The van der Waals surface area contributed by atoms with Crippen LogP contribution in [-0.4, -0.2) is 22.3 Å². The number of aromatic nitrogens is 1. The van der Waals surface area contributed by atoms with Gasteiger partial charge in [-0.05, 0) is 42.9 Å². The van der Waals surface area contributed by atoms with E-state index >= 15 is 0 Å². The fraction of sp³-hybridized carbons (Fsp3) is 0.421. The fourth-order valence-electron chi connectivity index (χ4n) is 3.41. The Kier molecular flexibility index (Phi) is 5.53. The van der Waals surface area contributed by atoms with Gasteiger partial charge < -0.3 is 20.9 Å². The van der Waals surface area contributed by atoms with Gasteiger partial charge in [-0.25, -0.2) is 0 Å². The van der Waals surface area contributed by atoms with Crippen molar-refractivity contribution in [3.63, 3.8) is 0 Å². The Morgan fingerprint density at radius 3 is 3.04 bits per heavy atom. The number of rotatable bonds is 6. The Bertz CT molecular complexity index is 747. The van der Waals surface area contributed by atoms with Crippen molar-refractivity contribution in [3.05, 3.63) is 36.5 Å². The van der Waals surface area contributed by atoms with Crippen LogP contribution < -0.4 is 16.4 Å². The van der Waals surface area contributed by atoms with E-state index in [2.05, 4.69) is 52.6 Å². The lowest BCUT2D eigenvalue weighted by Crippen LogP contribution is -2.33. The third kappa shape index (κ3) is 3.97. The van der Waals surface area contributed by atoms with Gasteiger partial charge in [0.2, 0.25) is 0 Å². The second-order valence-electron chi connectivity index (χ2n) is 6.45. The van der Waals surface area contributed by atoms with Crippen LogP contribution in [0.5, 0.6) is 0 Å². The SMILES string of the molecule is CCCCCC1CC(n2ccc3cc(NC(N)=S)ccc32)=CCN1. The number of nitrogens with zero attached hydrogens (tertiary/aromatic N) is 1. The first-order valence-electron chi connectivity index (χ1n) is 8.77. The van der Waals surface area contributed by atoms with E-state index in [4.69, 9.17) is 18.0 Å². The van der Waals surface area contributed by atoms with Crippen molar-refractivity contribution in [2.24, 2.45) is 5.73 Å². The molecule has 4 nitrogen and oxygen atoms in total. The van der Waals surface area contributed by atoms with Crippen LogP contribution in [0.4, 0.5) is 5.69 Å². The van der Waals surface area contributed by atoms with E-state index in [-0.39, 0.29) is 0 Å². The van der Waals surface area contributed by atoms with Gasteiger partial charge in [-0.1, -0.05) is 32.3 Å². The first-order valence-corrected chi connectivity index (χ1v) is 9.18. The van der Waals surface area contributed by atoms with Crippen molar-refractivity contribution in [3.8, 4) is 0 Å². The van der Waals surface area contributed by atoms with E-state index in [1.165, 1.54) is 42.3 Å². The minimum Gasteiger partial charge on any atom is -0.376 e. The molecule has 0 saturated heterocycles. The van der Waals surface area contributed by atoms with Gasteiger partial charge in [0.1, 0.15) is 0 Å². The molecule has 0 amide bonds. The van der Waals surface area contributed by atoms with E-state index in [9.17, 15) is 0 Å². The van der Waals surface area contributed by atoms with Gasteiger partial charge >= 0.3 is 0 Å². The van der Waals surface area contributed by atoms with Crippen LogP contribution in [0.2, 0.25) is 0 Å². The number of anilines is 1. The second-order valence-corrected chi connectivity index (χ2v) is 6.89. The molecule has 0 fully saturated rings. The van der Waals surface area contributed by atoms with E-state index in [0.29, 0.717) is 11.2 Å². The number of hydrogen-bond acceptors (Lipinski definition) is 2. The Hall–Kier alpha value is -1.85. The first kappa shape index (κ1) is 17.0. The monoisotopic (exact) mass is 342 g/mol. The van der Waals surface area contributed by atoms with Gasteiger partial charge in [-0.15, -0.1) is 0 Å². The second kappa shape index (κ2) is 7.81. The Balaban J connectivity index is 1.76. The zero-order valence-corrected chi connectivity index (χ0v) is 15.0. The number of thiocarbonyl (C=S) groups is 1. The molecule has 3 rings (SSSR count). The molecule has 0 bridgehead atoms. The highest BCUT2D eigenvalue weighted by Gasteiger charge is 2.16. The maximum Gasteiger partial charge on any atom is 0.168 e. The lowest BCUT2D eigenvalue weighted by atomic mass is 10.0. The molecular formula is C19H26N4S. The molecule has 0 saturated carbocycles. The number of nitrogens with one attached hydrogen (secondary N) is 2. The third-order valence-corrected chi connectivity index (χ3v) is 4.73. The summed E-state index contributed by atoms with van der Waals surface area (Å²) in [6.07, 6.45) is 10.7. The number of fused-ring (bicyclic) bond motifs is 1. The summed E-state index contributed by atoms with van der Waals surface area (Å²) >= 11 is 4.91. The highest BCUT2D eigenvalue weighted by Crippen LogP contribution is 2.27. The molecule has 1 aliphatic rings.